The molecule has 1 nitrogen and oxygen atoms in total. The number of allylic oxidation sites excluding steroid dienone is 3. The minimum atomic E-state index is 0.423. The molecule has 0 aromatic carbocycles. The van der Waals surface area contributed by atoms with Gasteiger partial charge in [0.05, 0.1) is 0 Å². The van der Waals surface area contributed by atoms with Gasteiger partial charge >= 0.3 is 0 Å². The third-order valence-electron chi connectivity index (χ3n) is 2.27. The molecule has 0 aliphatic carbocycles. The van der Waals surface area contributed by atoms with Crippen LogP contribution in [0.3, 0.4) is 0 Å². The normalized spacial score (nSPS) is 15.0. The van der Waals surface area contributed by atoms with E-state index in [0.29, 0.717) is 11.7 Å². The number of hydrogen-bond acceptors (Lipinski definition) is 1. The Morgan fingerprint density at radius 1 is 1.42 bits per heavy atom. The van der Waals surface area contributed by atoms with Crippen molar-refractivity contribution >= 4 is 0 Å². The number of hydrogen-bond donors (Lipinski definition) is 1. The first kappa shape index (κ1) is 11.3. The van der Waals surface area contributed by atoms with Gasteiger partial charge in [-0.3, -0.25) is 0 Å². The van der Waals surface area contributed by atoms with Crippen molar-refractivity contribution < 1.29 is 5.11 Å². The third-order valence-corrected chi connectivity index (χ3v) is 2.27. The first-order valence-corrected chi connectivity index (χ1v) is 4.59. The van der Waals surface area contributed by atoms with Crippen LogP contribution in [0.2, 0.25) is 0 Å². The number of aliphatic hydroxyl groups is 1. The Morgan fingerprint density at radius 3 is 2.17 bits per heavy atom. The van der Waals surface area contributed by atoms with Gasteiger partial charge in [0, 0.05) is 0 Å². The van der Waals surface area contributed by atoms with Crippen LogP contribution in [0, 0.1) is 5.92 Å². The molecule has 0 rings (SSSR count). The number of rotatable bonds is 3. The second-order valence-electron chi connectivity index (χ2n) is 3.35. The Kier molecular flexibility index (Phi) is 4.72. The zero-order valence-electron chi connectivity index (χ0n) is 8.81. The largest absolute Gasteiger partial charge is 0.508 e. The van der Waals surface area contributed by atoms with Crippen LogP contribution in [-0.4, -0.2) is 5.11 Å². The molecular weight excluding hydrogens is 148 g/mol. The van der Waals surface area contributed by atoms with E-state index < -0.39 is 0 Å². The molecule has 1 heteroatoms. The van der Waals surface area contributed by atoms with E-state index in [-0.39, 0.29) is 0 Å². The average Bonchev–Trinajstić information content (AvgIpc) is 2.05. The summed E-state index contributed by atoms with van der Waals surface area (Å²) in [5.41, 5.74) is 2.12. The Balaban J connectivity index is 4.76. The molecule has 0 radical (unpaired) electrons. The van der Waals surface area contributed by atoms with Crippen molar-refractivity contribution in [2.45, 2.75) is 41.0 Å². The van der Waals surface area contributed by atoms with Crippen molar-refractivity contribution in [3.63, 3.8) is 0 Å². The van der Waals surface area contributed by atoms with Crippen molar-refractivity contribution in [2.24, 2.45) is 5.92 Å². The number of aliphatic hydroxyl groups excluding tert-OH is 1. The van der Waals surface area contributed by atoms with Gasteiger partial charge in [0.1, 0.15) is 5.76 Å². The van der Waals surface area contributed by atoms with Gasteiger partial charge in [0.2, 0.25) is 0 Å². The van der Waals surface area contributed by atoms with Crippen molar-refractivity contribution in [1.29, 1.82) is 0 Å². The molecule has 0 spiro atoms. The summed E-state index contributed by atoms with van der Waals surface area (Å²) in [6.45, 7) is 10.2. The molecule has 0 aliphatic heterocycles. The molecule has 0 bridgehead atoms. The molecule has 0 saturated carbocycles. The molecule has 0 aromatic heterocycles. The summed E-state index contributed by atoms with van der Waals surface area (Å²) >= 11 is 0. The topological polar surface area (TPSA) is 20.2 Å². The van der Waals surface area contributed by atoms with Crippen LogP contribution in [0.5, 0.6) is 0 Å². The van der Waals surface area contributed by atoms with Crippen LogP contribution in [0.1, 0.15) is 41.0 Å². The Morgan fingerprint density at radius 2 is 1.92 bits per heavy atom. The highest BCUT2D eigenvalue weighted by Gasteiger charge is 2.07. The molecule has 0 aliphatic rings. The minimum Gasteiger partial charge on any atom is -0.508 e. The van der Waals surface area contributed by atoms with E-state index in [1.165, 1.54) is 0 Å². The maximum absolute atomic E-state index is 9.76. The first-order valence-electron chi connectivity index (χ1n) is 4.59. The molecule has 0 saturated heterocycles. The van der Waals surface area contributed by atoms with Crippen LogP contribution in [0.15, 0.2) is 23.0 Å². The zero-order valence-corrected chi connectivity index (χ0v) is 8.81. The van der Waals surface area contributed by atoms with Gasteiger partial charge in [-0.1, -0.05) is 26.8 Å². The van der Waals surface area contributed by atoms with Gasteiger partial charge < -0.3 is 5.11 Å². The molecule has 0 atom stereocenters. The molecule has 1 N–H and O–H groups in total. The van der Waals surface area contributed by atoms with Gasteiger partial charge in [0.25, 0.3) is 0 Å². The summed E-state index contributed by atoms with van der Waals surface area (Å²) in [5, 5.41) is 9.76. The van der Waals surface area contributed by atoms with E-state index in [1.54, 1.807) is 0 Å². The second kappa shape index (κ2) is 5.02. The second-order valence-corrected chi connectivity index (χ2v) is 3.35. The maximum atomic E-state index is 9.76. The summed E-state index contributed by atoms with van der Waals surface area (Å²) in [6, 6.07) is 0. The van der Waals surface area contributed by atoms with Crippen LogP contribution in [0.25, 0.3) is 0 Å². The molecule has 0 unspecified atom stereocenters. The van der Waals surface area contributed by atoms with Crippen molar-refractivity contribution in [3.05, 3.63) is 23.0 Å². The molecule has 0 fully saturated rings. The molecule has 12 heavy (non-hydrogen) atoms. The highest BCUT2D eigenvalue weighted by Crippen LogP contribution is 2.20. The third kappa shape index (κ3) is 2.72. The molecule has 0 aromatic rings. The highest BCUT2D eigenvalue weighted by molar-refractivity contribution is 5.28. The van der Waals surface area contributed by atoms with E-state index in [2.05, 4.69) is 20.8 Å². The predicted molar refractivity (Wildman–Crippen MR) is 54.2 cm³/mol. The lowest BCUT2D eigenvalue weighted by Gasteiger charge is -2.11. The summed E-state index contributed by atoms with van der Waals surface area (Å²) in [7, 11) is 0. The predicted octanol–water partition coefficient (Wildman–Crippen LogP) is 3.83. The van der Waals surface area contributed by atoms with E-state index in [1.807, 2.05) is 19.9 Å². The van der Waals surface area contributed by atoms with Gasteiger partial charge in [-0.05, 0) is 37.3 Å². The van der Waals surface area contributed by atoms with Gasteiger partial charge in [-0.2, -0.15) is 0 Å². The SMILES string of the molecule is C/C=C(CC)\C(O)=C(\C)C(C)C. The maximum Gasteiger partial charge on any atom is 0.117 e. The summed E-state index contributed by atoms with van der Waals surface area (Å²) in [5.74, 6) is 0.904. The van der Waals surface area contributed by atoms with Crippen LogP contribution in [-0.2, 0) is 0 Å². The fourth-order valence-corrected chi connectivity index (χ4v) is 1.03. The van der Waals surface area contributed by atoms with E-state index in [9.17, 15) is 5.11 Å². The Bertz CT molecular complexity index is 197. The monoisotopic (exact) mass is 168 g/mol. The summed E-state index contributed by atoms with van der Waals surface area (Å²) in [4.78, 5) is 0. The van der Waals surface area contributed by atoms with Crippen LogP contribution < -0.4 is 0 Å². The quantitative estimate of drug-likeness (QED) is 0.501. The first-order chi connectivity index (χ1) is 5.54. The van der Waals surface area contributed by atoms with Crippen molar-refractivity contribution in [2.75, 3.05) is 0 Å². The van der Waals surface area contributed by atoms with Crippen molar-refractivity contribution in [1.82, 2.24) is 0 Å². The molecule has 0 heterocycles. The lowest BCUT2D eigenvalue weighted by molar-refractivity contribution is 0.404. The lowest BCUT2D eigenvalue weighted by Crippen LogP contribution is -1.98. The Labute approximate surface area is 75.8 Å². The van der Waals surface area contributed by atoms with E-state index in [4.69, 9.17) is 0 Å². The van der Waals surface area contributed by atoms with Gasteiger partial charge in [0.15, 0.2) is 0 Å². The van der Waals surface area contributed by atoms with Crippen molar-refractivity contribution in [3.8, 4) is 0 Å². The highest BCUT2D eigenvalue weighted by atomic mass is 16.3. The van der Waals surface area contributed by atoms with E-state index >= 15 is 0 Å². The molecular formula is C11H20O. The average molecular weight is 168 g/mol. The van der Waals surface area contributed by atoms with E-state index in [0.717, 1.165) is 17.6 Å². The fourth-order valence-electron chi connectivity index (χ4n) is 1.03. The van der Waals surface area contributed by atoms with Crippen LogP contribution >= 0.6 is 0 Å². The molecule has 0 amide bonds. The van der Waals surface area contributed by atoms with Crippen LogP contribution in [0.4, 0.5) is 0 Å². The smallest absolute Gasteiger partial charge is 0.117 e. The zero-order chi connectivity index (χ0) is 9.72. The fraction of sp³-hybridized carbons (Fsp3) is 0.636. The Hall–Kier alpha value is -0.720. The van der Waals surface area contributed by atoms with Gasteiger partial charge in [-0.15, -0.1) is 0 Å². The standard InChI is InChI=1S/C11H20O/c1-6-10(7-2)11(12)9(5)8(3)4/h6,8,12H,7H2,1-5H3/b10-6-,11-9+. The minimum absolute atomic E-state index is 0.423. The lowest BCUT2D eigenvalue weighted by atomic mass is 9.99. The summed E-state index contributed by atoms with van der Waals surface area (Å²) in [6.07, 6.45) is 2.87. The van der Waals surface area contributed by atoms with Gasteiger partial charge in [-0.25, -0.2) is 0 Å². The molecule has 70 valence electrons. The summed E-state index contributed by atoms with van der Waals surface area (Å²) < 4.78 is 0.